The highest BCUT2D eigenvalue weighted by Gasteiger charge is 2.54. The van der Waals surface area contributed by atoms with Crippen molar-refractivity contribution in [3.63, 3.8) is 0 Å². The van der Waals surface area contributed by atoms with Crippen LogP contribution >= 0.6 is 0 Å². The average Bonchev–Trinajstić information content (AvgIpc) is 3.20. The molecule has 0 aliphatic carbocycles. The molecule has 3 rings (SSSR count). The molecule has 0 saturated carbocycles. The minimum atomic E-state index is -0.0918. The lowest BCUT2D eigenvalue weighted by Crippen LogP contribution is -2.51. The standard InChI is InChI=1S/C19H32N2O3/c1-4-5-6-13-23-14(2)17-15-7-8-16(24-15)18(17)19(22)21-11-9-20(3)10-12-21/h15-18H,2,4-13H2,1,3H3. The van der Waals surface area contributed by atoms with Crippen molar-refractivity contribution in [3.05, 3.63) is 12.3 Å². The Bertz CT molecular complexity index is 460. The fourth-order valence-corrected chi connectivity index (χ4v) is 4.29. The van der Waals surface area contributed by atoms with Crippen molar-refractivity contribution >= 4 is 5.91 Å². The molecule has 3 saturated heterocycles. The topological polar surface area (TPSA) is 42.0 Å². The Morgan fingerprint density at radius 3 is 2.46 bits per heavy atom. The molecule has 3 heterocycles. The number of likely N-dealkylation sites (N-methyl/N-ethyl adjacent to an activating group) is 1. The van der Waals surface area contributed by atoms with Gasteiger partial charge in [-0.25, -0.2) is 0 Å². The lowest BCUT2D eigenvalue weighted by Gasteiger charge is -2.37. The highest BCUT2D eigenvalue weighted by molar-refractivity contribution is 5.81. The third kappa shape index (κ3) is 3.62. The van der Waals surface area contributed by atoms with Gasteiger partial charge in [0.1, 0.15) is 0 Å². The van der Waals surface area contributed by atoms with Gasteiger partial charge < -0.3 is 19.3 Å². The van der Waals surface area contributed by atoms with Gasteiger partial charge in [0.05, 0.1) is 36.4 Å². The van der Waals surface area contributed by atoms with Crippen molar-refractivity contribution in [2.24, 2.45) is 11.8 Å². The molecule has 4 atom stereocenters. The number of piperazine rings is 1. The van der Waals surface area contributed by atoms with Crippen molar-refractivity contribution in [2.45, 2.75) is 51.2 Å². The van der Waals surface area contributed by atoms with E-state index in [-0.39, 0.29) is 30.0 Å². The second-order valence-electron chi connectivity index (χ2n) is 7.49. The molecular weight excluding hydrogens is 304 g/mol. The predicted molar refractivity (Wildman–Crippen MR) is 93.6 cm³/mol. The first-order chi connectivity index (χ1) is 11.6. The number of rotatable bonds is 7. The Morgan fingerprint density at radius 1 is 1.12 bits per heavy atom. The largest absolute Gasteiger partial charge is 0.498 e. The maximum atomic E-state index is 13.1. The van der Waals surface area contributed by atoms with Gasteiger partial charge in [-0.15, -0.1) is 0 Å². The number of carbonyl (C=O) groups excluding carboxylic acids is 1. The molecular formula is C19H32N2O3. The molecule has 3 fully saturated rings. The van der Waals surface area contributed by atoms with Crippen LogP contribution in [0.5, 0.6) is 0 Å². The van der Waals surface area contributed by atoms with E-state index in [1.54, 1.807) is 0 Å². The number of nitrogens with zero attached hydrogens (tertiary/aromatic N) is 2. The van der Waals surface area contributed by atoms with Gasteiger partial charge in [0.15, 0.2) is 0 Å². The van der Waals surface area contributed by atoms with Gasteiger partial charge >= 0.3 is 0 Å². The predicted octanol–water partition coefficient (Wildman–Crippen LogP) is 2.27. The minimum absolute atomic E-state index is 0.0394. The normalized spacial score (nSPS) is 33.0. The van der Waals surface area contributed by atoms with Crippen LogP contribution in [0.2, 0.25) is 0 Å². The third-order valence-corrected chi connectivity index (χ3v) is 5.78. The van der Waals surface area contributed by atoms with Gasteiger partial charge in [0.25, 0.3) is 0 Å². The fourth-order valence-electron chi connectivity index (χ4n) is 4.29. The number of hydrogen-bond donors (Lipinski definition) is 0. The van der Waals surface area contributed by atoms with Gasteiger partial charge in [-0.1, -0.05) is 26.3 Å². The summed E-state index contributed by atoms with van der Waals surface area (Å²) in [7, 11) is 2.11. The van der Waals surface area contributed by atoms with Crippen molar-refractivity contribution in [3.8, 4) is 0 Å². The van der Waals surface area contributed by atoms with E-state index in [0.29, 0.717) is 6.61 Å². The lowest BCUT2D eigenvalue weighted by molar-refractivity contribution is -0.140. The molecule has 0 aromatic heterocycles. The summed E-state index contributed by atoms with van der Waals surface area (Å²) < 4.78 is 12.0. The number of amides is 1. The molecule has 5 heteroatoms. The van der Waals surface area contributed by atoms with E-state index < -0.39 is 0 Å². The van der Waals surface area contributed by atoms with Crippen LogP contribution < -0.4 is 0 Å². The zero-order chi connectivity index (χ0) is 17.1. The summed E-state index contributed by atoms with van der Waals surface area (Å²) in [5.41, 5.74) is 0. The second kappa shape index (κ2) is 7.87. The number of carbonyl (C=O) groups is 1. The first kappa shape index (κ1) is 17.7. The smallest absolute Gasteiger partial charge is 0.229 e. The fraction of sp³-hybridized carbons (Fsp3) is 0.842. The zero-order valence-electron chi connectivity index (χ0n) is 15.2. The summed E-state index contributed by atoms with van der Waals surface area (Å²) in [5, 5.41) is 0. The summed E-state index contributed by atoms with van der Waals surface area (Å²) in [6.07, 6.45) is 5.60. The van der Waals surface area contributed by atoms with Crippen LogP contribution in [0.3, 0.4) is 0 Å². The highest BCUT2D eigenvalue weighted by atomic mass is 16.5. The van der Waals surface area contributed by atoms with Crippen molar-refractivity contribution in [1.29, 1.82) is 0 Å². The average molecular weight is 336 g/mol. The molecule has 2 bridgehead atoms. The Hall–Kier alpha value is -1.07. The number of unbranched alkanes of at least 4 members (excludes halogenated alkanes) is 2. The number of fused-ring (bicyclic) bond motifs is 2. The second-order valence-corrected chi connectivity index (χ2v) is 7.49. The summed E-state index contributed by atoms with van der Waals surface area (Å²) >= 11 is 0. The summed E-state index contributed by atoms with van der Waals surface area (Å²) in [5.74, 6) is 0.966. The molecule has 5 nitrogen and oxygen atoms in total. The first-order valence-electron chi connectivity index (χ1n) is 9.56. The summed E-state index contributed by atoms with van der Waals surface area (Å²) in [4.78, 5) is 17.4. The monoisotopic (exact) mass is 336 g/mol. The van der Waals surface area contributed by atoms with Gasteiger partial charge in [0.2, 0.25) is 5.91 Å². The number of hydrogen-bond acceptors (Lipinski definition) is 4. The van der Waals surface area contributed by atoms with Crippen LogP contribution in [0.1, 0.15) is 39.0 Å². The van der Waals surface area contributed by atoms with E-state index in [0.717, 1.165) is 51.2 Å². The van der Waals surface area contributed by atoms with Crippen LogP contribution in [-0.2, 0) is 14.3 Å². The maximum absolute atomic E-state index is 13.1. The first-order valence-corrected chi connectivity index (χ1v) is 9.56. The van der Waals surface area contributed by atoms with Crippen LogP contribution in [0.15, 0.2) is 12.3 Å². The summed E-state index contributed by atoms with van der Waals surface area (Å²) in [6, 6.07) is 0. The van der Waals surface area contributed by atoms with E-state index in [1.165, 1.54) is 12.8 Å². The Kier molecular flexibility index (Phi) is 5.82. The van der Waals surface area contributed by atoms with Crippen LogP contribution in [0.25, 0.3) is 0 Å². The SMILES string of the molecule is C=C(OCCCCC)C1C2CCC(O2)C1C(=O)N1CCN(C)CC1. The van der Waals surface area contributed by atoms with E-state index in [1.807, 2.05) is 4.90 Å². The zero-order valence-corrected chi connectivity index (χ0v) is 15.2. The molecule has 136 valence electrons. The molecule has 0 aromatic rings. The molecule has 0 spiro atoms. The molecule has 1 amide bonds. The summed E-state index contributed by atoms with van der Waals surface area (Å²) in [6.45, 7) is 10.6. The maximum Gasteiger partial charge on any atom is 0.229 e. The molecule has 0 aromatic carbocycles. The minimum Gasteiger partial charge on any atom is -0.498 e. The molecule has 3 aliphatic heterocycles. The van der Waals surface area contributed by atoms with E-state index in [4.69, 9.17) is 9.47 Å². The third-order valence-electron chi connectivity index (χ3n) is 5.78. The molecule has 0 N–H and O–H groups in total. The van der Waals surface area contributed by atoms with Gasteiger partial charge in [-0.3, -0.25) is 4.79 Å². The Morgan fingerprint density at radius 2 is 1.79 bits per heavy atom. The quantitative estimate of drug-likeness (QED) is 0.528. The highest BCUT2D eigenvalue weighted by Crippen LogP contribution is 2.47. The van der Waals surface area contributed by atoms with Crippen LogP contribution in [0, 0.1) is 11.8 Å². The van der Waals surface area contributed by atoms with Crippen LogP contribution in [-0.4, -0.2) is 67.7 Å². The lowest BCUT2D eigenvalue weighted by atomic mass is 9.77. The molecule has 24 heavy (non-hydrogen) atoms. The molecule has 4 unspecified atom stereocenters. The van der Waals surface area contributed by atoms with Crippen molar-refractivity contribution in [1.82, 2.24) is 9.80 Å². The van der Waals surface area contributed by atoms with E-state index in [9.17, 15) is 4.79 Å². The van der Waals surface area contributed by atoms with Crippen LogP contribution in [0.4, 0.5) is 0 Å². The van der Waals surface area contributed by atoms with Gasteiger partial charge in [-0.05, 0) is 26.3 Å². The van der Waals surface area contributed by atoms with E-state index >= 15 is 0 Å². The molecule has 3 aliphatic rings. The van der Waals surface area contributed by atoms with Crippen molar-refractivity contribution in [2.75, 3.05) is 39.8 Å². The van der Waals surface area contributed by atoms with Gasteiger partial charge in [0, 0.05) is 26.2 Å². The number of ether oxygens (including phenoxy) is 2. The van der Waals surface area contributed by atoms with Crippen molar-refractivity contribution < 1.29 is 14.3 Å². The Labute approximate surface area is 146 Å². The molecule has 0 radical (unpaired) electrons. The van der Waals surface area contributed by atoms with E-state index in [2.05, 4.69) is 25.5 Å². The van der Waals surface area contributed by atoms with Gasteiger partial charge in [-0.2, -0.15) is 0 Å². The Balaban J connectivity index is 1.62.